The highest BCUT2D eigenvalue weighted by molar-refractivity contribution is 5.84. The quantitative estimate of drug-likeness (QED) is 0.754. The minimum Gasteiger partial charge on any atom is -0.310 e. The number of rotatable bonds is 2. The first-order valence-corrected chi connectivity index (χ1v) is 5.51. The molecule has 0 aliphatic carbocycles. The van der Waals surface area contributed by atoms with Crippen LogP contribution in [0.15, 0.2) is 36.4 Å². The van der Waals surface area contributed by atoms with Gasteiger partial charge in [0, 0.05) is 0 Å². The number of fused-ring (bicyclic) bond motifs is 1. The molecular weight excluding hydrogens is 196 g/mol. The SMILES string of the molecule is CNC(C)(N)c1ccc2ccc(C)cc2c1. The molecule has 0 aromatic heterocycles. The summed E-state index contributed by atoms with van der Waals surface area (Å²) in [6.45, 7) is 4.08. The van der Waals surface area contributed by atoms with Crippen LogP contribution in [-0.2, 0) is 5.66 Å². The fourth-order valence-electron chi connectivity index (χ4n) is 1.83. The normalized spacial score (nSPS) is 15.0. The van der Waals surface area contributed by atoms with Gasteiger partial charge in [0.1, 0.15) is 0 Å². The van der Waals surface area contributed by atoms with Gasteiger partial charge in [-0.05, 0) is 43.3 Å². The maximum atomic E-state index is 6.16. The summed E-state index contributed by atoms with van der Waals surface area (Å²) in [5.41, 5.74) is 8.06. The molecule has 2 aromatic carbocycles. The lowest BCUT2D eigenvalue weighted by molar-refractivity contribution is 0.418. The Morgan fingerprint density at radius 3 is 2.44 bits per heavy atom. The van der Waals surface area contributed by atoms with E-state index < -0.39 is 5.66 Å². The van der Waals surface area contributed by atoms with Gasteiger partial charge in [0.25, 0.3) is 0 Å². The van der Waals surface area contributed by atoms with Gasteiger partial charge in [-0.2, -0.15) is 0 Å². The van der Waals surface area contributed by atoms with E-state index >= 15 is 0 Å². The van der Waals surface area contributed by atoms with Crippen LogP contribution < -0.4 is 11.1 Å². The Morgan fingerprint density at radius 2 is 1.75 bits per heavy atom. The monoisotopic (exact) mass is 214 g/mol. The predicted molar refractivity (Wildman–Crippen MR) is 69.3 cm³/mol. The smallest absolute Gasteiger partial charge is 0.0893 e. The molecule has 0 spiro atoms. The summed E-state index contributed by atoms with van der Waals surface area (Å²) in [7, 11) is 1.88. The first-order valence-electron chi connectivity index (χ1n) is 5.51. The van der Waals surface area contributed by atoms with Crippen molar-refractivity contribution < 1.29 is 0 Å². The minimum absolute atomic E-state index is 0.474. The van der Waals surface area contributed by atoms with Gasteiger partial charge in [-0.25, -0.2) is 0 Å². The molecule has 2 heteroatoms. The lowest BCUT2D eigenvalue weighted by Crippen LogP contribution is -2.45. The lowest BCUT2D eigenvalue weighted by atomic mass is 9.98. The first-order chi connectivity index (χ1) is 7.53. The van der Waals surface area contributed by atoms with Gasteiger partial charge in [-0.1, -0.05) is 35.9 Å². The van der Waals surface area contributed by atoms with Crippen molar-refractivity contribution in [1.29, 1.82) is 0 Å². The molecule has 0 fully saturated rings. The standard InChI is InChI=1S/C14H18N2/c1-10-4-5-11-6-7-13(9-12(11)8-10)14(2,15)16-3/h4-9,16H,15H2,1-3H3. The molecule has 0 amide bonds. The zero-order valence-electron chi connectivity index (χ0n) is 10.0. The number of nitrogens with two attached hydrogens (primary N) is 1. The Balaban J connectivity index is 2.59. The maximum absolute atomic E-state index is 6.16. The lowest BCUT2D eigenvalue weighted by Gasteiger charge is -2.24. The van der Waals surface area contributed by atoms with E-state index in [1.807, 2.05) is 14.0 Å². The average Bonchev–Trinajstić information content (AvgIpc) is 2.28. The van der Waals surface area contributed by atoms with Crippen molar-refractivity contribution in [3.05, 3.63) is 47.5 Å². The summed E-state index contributed by atoms with van der Waals surface area (Å²) in [4.78, 5) is 0. The predicted octanol–water partition coefficient (Wildman–Crippen LogP) is 2.50. The Bertz CT molecular complexity index is 515. The van der Waals surface area contributed by atoms with Gasteiger partial charge < -0.3 is 5.73 Å². The molecule has 2 aromatic rings. The second-order valence-corrected chi connectivity index (χ2v) is 4.52. The molecule has 0 heterocycles. The van der Waals surface area contributed by atoms with Gasteiger partial charge in [-0.3, -0.25) is 5.32 Å². The number of hydrogen-bond donors (Lipinski definition) is 2. The Labute approximate surface area is 96.5 Å². The molecule has 2 nitrogen and oxygen atoms in total. The largest absolute Gasteiger partial charge is 0.310 e. The molecule has 0 aliphatic rings. The summed E-state index contributed by atoms with van der Waals surface area (Å²) < 4.78 is 0. The van der Waals surface area contributed by atoms with Crippen LogP contribution in [0.1, 0.15) is 18.1 Å². The van der Waals surface area contributed by atoms with Crippen LogP contribution in [0.4, 0.5) is 0 Å². The van der Waals surface area contributed by atoms with Crippen LogP contribution in [0.5, 0.6) is 0 Å². The highest BCUT2D eigenvalue weighted by Gasteiger charge is 2.17. The van der Waals surface area contributed by atoms with Crippen molar-refractivity contribution in [3.8, 4) is 0 Å². The summed E-state index contributed by atoms with van der Waals surface area (Å²) in [5.74, 6) is 0. The van der Waals surface area contributed by atoms with Gasteiger partial charge >= 0.3 is 0 Å². The first kappa shape index (κ1) is 11.1. The molecule has 1 atom stereocenters. The third kappa shape index (κ3) is 1.94. The van der Waals surface area contributed by atoms with Crippen LogP contribution in [0.2, 0.25) is 0 Å². The molecule has 0 saturated heterocycles. The molecule has 0 saturated carbocycles. The van der Waals surface area contributed by atoms with E-state index in [4.69, 9.17) is 5.73 Å². The maximum Gasteiger partial charge on any atom is 0.0893 e. The third-order valence-electron chi connectivity index (χ3n) is 3.11. The van der Waals surface area contributed by atoms with Crippen molar-refractivity contribution in [3.63, 3.8) is 0 Å². The van der Waals surface area contributed by atoms with Crippen LogP contribution in [0.25, 0.3) is 10.8 Å². The van der Waals surface area contributed by atoms with Crippen LogP contribution in [-0.4, -0.2) is 7.05 Å². The topological polar surface area (TPSA) is 38.0 Å². The number of nitrogens with one attached hydrogen (secondary N) is 1. The van der Waals surface area contributed by atoms with Crippen molar-refractivity contribution in [1.82, 2.24) is 5.32 Å². The van der Waals surface area contributed by atoms with E-state index in [-0.39, 0.29) is 0 Å². The van der Waals surface area contributed by atoms with Gasteiger partial charge in [0.2, 0.25) is 0 Å². The Kier molecular flexibility index (Phi) is 2.70. The van der Waals surface area contributed by atoms with Gasteiger partial charge in [0.15, 0.2) is 0 Å². The fraction of sp³-hybridized carbons (Fsp3) is 0.286. The van der Waals surface area contributed by atoms with Crippen molar-refractivity contribution in [2.75, 3.05) is 7.05 Å². The second kappa shape index (κ2) is 3.89. The van der Waals surface area contributed by atoms with Crippen molar-refractivity contribution >= 4 is 10.8 Å². The van der Waals surface area contributed by atoms with E-state index in [2.05, 4.69) is 48.6 Å². The van der Waals surface area contributed by atoms with Crippen molar-refractivity contribution in [2.24, 2.45) is 5.73 Å². The molecule has 0 radical (unpaired) electrons. The zero-order chi connectivity index (χ0) is 11.8. The van der Waals surface area contributed by atoms with E-state index in [1.54, 1.807) is 0 Å². The minimum atomic E-state index is -0.474. The van der Waals surface area contributed by atoms with Crippen LogP contribution in [0.3, 0.4) is 0 Å². The molecule has 0 aliphatic heterocycles. The van der Waals surface area contributed by atoms with E-state index in [1.165, 1.54) is 16.3 Å². The molecular formula is C14H18N2. The zero-order valence-corrected chi connectivity index (χ0v) is 10.0. The summed E-state index contributed by atoms with van der Waals surface area (Å²) in [5, 5.41) is 5.61. The Hall–Kier alpha value is -1.38. The molecule has 16 heavy (non-hydrogen) atoms. The number of aryl methyl sites for hydroxylation is 1. The Morgan fingerprint density at radius 1 is 1.06 bits per heavy atom. The fourth-order valence-corrected chi connectivity index (χ4v) is 1.83. The number of hydrogen-bond acceptors (Lipinski definition) is 2. The van der Waals surface area contributed by atoms with Crippen LogP contribution in [0, 0.1) is 6.92 Å². The molecule has 1 unspecified atom stereocenters. The highest BCUT2D eigenvalue weighted by Crippen LogP contribution is 2.22. The van der Waals surface area contributed by atoms with Crippen LogP contribution >= 0.6 is 0 Å². The third-order valence-corrected chi connectivity index (χ3v) is 3.11. The van der Waals surface area contributed by atoms with Gasteiger partial charge in [-0.15, -0.1) is 0 Å². The highest BCUT2D eigenvalue weighted by atomic mass is 15.1. The van der Waals surface area contributed by atoms with E-state index in [0.29, 0.717) is 0 Å². The summed E-state index contributed by atoms with van der Waals surface area (Å²) in [6, 6.07) is 12.8. The number of benzene rings is 2. The summed E-state index contributed by atoms with van der Waals surface area (Å²) >= 11 is 0. The second-order valence-electron chi connectivity index (χ2n) is 4.52. The summed E-state index contributed by atoms with van der Waals surface area (Å²) in [6.07, 6.45) is 0. The molecule has 0 bridgehead atoms. The van der Waals surface area contributed by atoms with Gasteiger partial charge in [0.05, 0.1) is 5.66 Å². The van der Waals surface area contributed by atoms with E-state index in [0.717, 1.165) is 5.56 Å². The van der Waals surface area contributed by atoms with E-state index in [9.17, 15) is 0 Å². The average molecular weight is 214 g/mol. The van der Waals surface area contributed by atoms with Crippen molar-refractivity contribution in [2.45, 2.75) is 19.5 Å². The molecule has 2 rings (SSSR count). The molecule has 84 valence electrons. The molecule has 3 N–H and O–H groups in total.